The second kappa shape index (κ2) is 8.79. The highest BCUT2D eigenvalue weighted by Crippen LogP contribution is 2.30. The first kappa shape index (κ1) is 19.0. The smallest absolute Gasteiger partial charge is 0.265 e. The van der Waals surface area contributed by atoms with Crippen LogP contribution in [0, 0.1) is 0 Å². The van der Waals surface area contributed by atoms with Gasteiger partial charge in [-0.15, -0.1) is 0 Å². The summed E-state index contributed by atoms with van der Waals surface area (Å²) in [7, 11) is 0. The van der Waals surface area contributed by atoms with Gasteiger partial charge in [0.05, 0.1) is 13.2 Å². The molecule has 0 unspecified atom stereocenters. The van der Waals surface area contributed by atoms with E-state index in [4.69, 9.17) is 9.72 Å². The van der Waals surface area contributed by atoms with Crippen molar-refractivity contribution in [2.45, 2.75) is 25.2 Å². The maximum Gasteiger partial charge on any atom is 0.265 e. The zero-order valence-corrected chi connectivity index (χ0v) is 15.7. The van der Waals surface area contributed by atoms with Crippen molar-refractivity contribution in [3.8, 4) is 0 Å². The number of halogens is 2. The van der Waals surface area contributed by atoms with Gasteiger partial charge in [0, 0.05) is 48.2 Å². The lowest BCUT2D eigenvalue weighted by molar-refractivity contribution is 0.122. The Labute approximate surface area is 163 Å². The summed E-state index contributed by atoms with van der Waals surface area (Å²) in [6, 6.07) is 7.13. The lowest BCUT2D eigenvalue weighted by Crippen LogP contribution is -2.36. The lowest BCUT2D eigenvalue weighted by atomic mass is 9.94. The number of nitrogens with one attached hydrogen (secondary N) is 2. The lowest BCUT2D eigenvalue weighted by Gasteiger charge is -2.30. The molecule has 2 fully saturated rings. The van der Waals surface area contributed by atoms with E-state index in [1.165, 1.54) is 12.3 Å². The van der Waals surface area contributed by atoms with Crippen molar-refractivity contribution in [3.05, 3.63) is 41.7 Å². The predicted octanol–water partition coefficient (Wildman–Crippen LogP) is 3.46. The summed E-state index contributed by atoms with van der Waals surface area (Å²) in [6.07, 6.45) is 0.795. The summed E-state index contributed by atoms with van der Waals surface area (Å²) in [5, 5.41) is 6.58. The minimum atomic E-state index is -2.52. The number of rotatable bonds is 5. The average molecular weight is 389 g/mol. The fourth-order valence-electron chi connectivity index (χ4n) is 3.67. The molecule has 150 valence electrons. The van der Waals surface area contributed by atoms with Crippen molar-refractivity contribution < 1.29 is 13.5 Å². The molecule has 4 heterocycles. The molecule has 0 radical (unpaired) electrons. The summed E-state index contributed by atoms with van der Waals surface area (Å²) in [5.74, 6) is 1.61. The summed E-state index contributed by atoms with van der Waals surface area (Å²) >= 11 is 0. The molecule has 2 aromatic rings. The van der Waals surface area contributed by atoms with Crippen LogP contribution in [-0.2, 0) is 4.74 Å². The predicted molar refractivity (Wildman–Crippen MR) is 105 cm³/mol. The molecule has 0 amide bonds. The van der Waals surface area contributed by atoms with Crippen LogP contribution in [0.3, 0.4) is 0 Å². The Morgan fingerprint density at radius 1 is 1.11 bits per heavy atom. The number of nitrogens with zero attached hydrogens (tertiary/aromatic N) is 3. The number of ether oxygens (including phenoxy) is 1. The molecular formula is C20H25F2N5O. The molecular weight excluding hydrogens is 364 g/mol. The average Bonchev–Trinajstić information content (AvgIpc) is 2.75. The molecule has 0 atom stereocenters. The molecule has 4 rings (SSSR count). The van der Waals surface area contributed by atoms with Gasteiger partial charge < -0.3 is 20.3 Å². The topological polar surface area (TPSA) is 62.3 Å². The van der Waals surface area contributed by atoms with Gasteiger partial charge in [0.25, 0.3) is 6.43 Å². The molecule has 28 heavy (non-hydrogen) atoms. The van der Waals surface area contributed by atoms with Gasteiger partial charge >= 0.3 is 0 Å². The Hall–Kier alpha value is -2.32. The molecule has 0 aromatic carbocycles. The quantitative estimate of drug-likeness (QED) is 0.817. The van der Waals surface area contributed by atoms with Gasteiger partial charge in [0.2, 0.25) is 0 Å². The van der Waals surface area contributed by atoms with Crippen LogP contribution in [0.5, 0.6) is 0 Å². The normalized spacial score (nSPS) is 18.5. The zero-order valence-electron chi connectivity index (χ0n) is 15.7. The fourth-order valence-corrected chi connectivity index (χ4v) is 3.67. The molecule has 0 saturated carbocycles. The number of anilines is 3. The van der Waals surface area contributed by atoms with E-state index in [0.717, 1.165) is 50.4 Å². The Morgan fingerprint density at radius 2 is 1.89 bits per heavy atom. The second-order valence-electron chi connectivity index (χ2n) is 7.16. The summed E-state index contributed by atoms with van der Waals surface area (Å²) in [4.78, 5) is 11.2. The second-order valence-corrected chi connectivity index (χ2v) is 7.16. The molecule has 0 bridgehead atoms. The van der Waals surface area contributed by atoms with Crippen LogP contribution in [0.1, 0.15) is 36.4 Å². The van der Waals surface area contributed by atoms with Crippen LogP contribution >= 0.6 is 0 Å². The number of piperidine rings is 1. The zero-order chi connectivity index (χ0) is 19.3. The standard InChI is InChI=1S/C20H25F2N5O/c21-20(22)15-1-2-18(24-13-15)26-19-12-16(27-7-9-28-10-8-27)11-17(25-19)14-3-5-23-6-4-14/h1-2,11-14,20,23H,3-10H2,(H,24,25,26). The third-order valence-electron chi connectivity index (χ3n) is 5.26. The maximum atomic E-state index is 12.7. The van der Waals surface area contributed by atoms with Crippen LogP contribution in [0.25, 0.3) is 0 Å². The molecule has 2 aromatic heterocycles. The number of pyridine rings is 2. The van der Waals surface area contributed by atoms with E-state index in [1.807, 2.05) is 6.07 Å². The third-order valence-corrected chi connectivity index (χ3v) is 5.26. The number of hydrogen-bond donors (Lipinski definition) is 2. The first-order valence-electron chi connectivity index (χ1n) is 9.75. The molecule has 2 aliphatic rings. The summed E-state index contributed by atoms with van der Waals surface area (Å²) in [6.45, 7) is 5.10. The Balaban J connectivity index is 1.60. The monoisotopic (exact) mass is 389 g/mol. The van der Waals surface area contributed by atoms with Crippen molar-refractivity contribution in [2.75, 3.05) is 49.6 Å². The minimum absolute atomic E-state index is 0.0871. The molecule has 2 aliphatic heterocycles. The number of aromatic nitrogens is 2. The van der Waals surface area contributed by atoms with Crippen molar-refractivity contribution in [1.29, 1.82) is 0 Å². The first-order valence-corrected chi connectivity index (χ1v) is 9.75. The molecule has 2 N–H and O–H groups in total. The molecule has 0 aliphatic carbocycles. The number of alkyl halides is 2. The van der Waals surface area contributed by atoms with E-state index in [-0.39, 0.29) is 5.56 Å². The van der Waals surface area contributed by atoms with Crippen molar-refractivity contribution >= 4 is 17.3 Å². The molecule has 8 heteroatoms. The SMILES string of the molecule is FC(F)c1ccc(Nc2cc(N3CCOCC3)cc(C3CCNCC3)n2)nc1. The van der Waals surface area contributed by atoms with Crippen molar-refractivity contribution in [2.24, 2.45) is 0 Å². The van der Waals surface area contributed by atoms with E-state index < -0.39 is 6.43 Å². The third kappa shape index (κ3) is 4.56. The van der Waals surface area contributed by atoms with Gasteiger partial charge in [-0.25, -0.2) is 18.7 Å². The van der Waals surface area contributed by atoms with Crippen molar-refractivity contribution in [3.63, 3.8) is 0 Å². The Kier molecular flexibility index (Phi) is 5.97. The van der Waals surface area contributed by atoms with Gasteiger partial charge in [-0.1, -0.05) is 0 Å². The highest BCUT2D eigenvalue weighted by atomic mass is 19.3. The van der Waals surface area contributed by atoms with Gasteiger partial charge in [0.1, 0.15) is 11.6 Å². The van der Waals surface area contributed by atoms with E-state index in [9.17, 15) is 8.78 Å². The van der Waals surface area contributed by atoms with E-state index >= 15 is 0 Å². The summed E-state index contributed by atoms with van der Waals surface area (Å²) < 4.78 is 31.0. The minimum Gasteiger partial charge on any atom is -0.378 e. The molecule has 0 spiro atoms. The van der Waals surface area contributed by atoms with Gasteiger partial charge in [0.15, 0.2) is 0 Å². The van der Waals surface area contributed by atoms with E-state index in [0.29, 0.717) is 30.8 Å². The molecule has 2 saturated heterocycles. The van der Waals surface area contributed by atoms with E-state index in [2.05, 4.69) is 26.6 Å². The number of morpholine rings is 1. The van der Waals surface area contributed by atoms with Crippen LogP contribution in [0.2, 0.25) is 0 Å². The largest absolute Gasteiger partial charge is 0.378 e. The summed E-state index contributed by atoms with van der Waals surface area (Å²) in [5.41, 5.74) is 2.09. The van der Waals surface area contributed by atoms with Gasteiger partial charge in [-0.2, -0.15) is 0 Å². The highest BCUT2D eigenvalue weighted by molar-refractivity contribution is 5.61. The highest BCUT2D eigenvalue weighted by Gasteiger charge is 2.20. The van der Waals surface area contributed by atoms with Gasteiger partial charge in [-0.05, 0) is 44.1 Å². The fraction of sp³-hybridized carbons (Fsp3) is 0.500. The maximum absolute atomic E-state index is 12.7. The first-order chi connectivity index (χ1) is 13.7. The van der Waals surface area contributed by atoms with Crippen LogP contribution in [0.4, 0.5) is 26.1 Å². The molecule has 6 nitrogen and oxygen atoms in total. The van der Waals surface area contributed by atoms with Crippen LogP contribution in [0.15, 0.2) is 30.5 Å². The van der Waals surface area contributed by atoms with Crippen LogP contribution in [-0.4, -0.2) is 49.4 Å². The van der Waals surface area contributed by atoms with E-state index in [1.54, 1.807) is 6.07 Å². The Morgan fingerprint density at radius 3 is 2.57 bits per heavy atom. The Bertz CT molecular complexity index is 738. The van der Waals surface area contributed by atoms with Gasteiger partial charge in [-0.3, -0.25) is 0 Å². The van der Waals surface area contributed by atoms with Crippen LogP contribution < -0.4 is 15.5 Å². The van der Waals surface area contributed by atoms with Crippen molar-refractivity contribution in [1.82, 2.24) is 15.3 Å². The number of hydrogen-bond acceptors (Lipinski definition) is 6.